The maximum absolute atomic E-state index is 12.2. The highest BCUT2D eigenvalue weighted by Crippen LogP contribution is 2.19. The van der Waals surface area contributed by atoms with Crippen LogP contribution in [0.4, 0.5) is 0 Å². The van der Waals surface area contributed by atoms with Crippen LogP contribution < -0.4 is 0 Å². The topological polar surface area (TPSA) is 71.2 Å². The number of hydrogen-bond donors (Lipinski definition) is 1. The molecule has 0 atom stereocenters. The van der Waals surface area contributed by atoms with Gasteiger partial charge in [-0.2, -0.15) is 5.10 Å². The molecule has 0 aromatic carbocycles. The van der Waals surface area contributed by atoms with Gasteiger partial charge >= 0.3 is 0 Å². The van der Waals surface area contributed by atoms with Gasteiger partial charge in [0.2, 0.25) is 0 Å². The SMILES string of the molecule is O=C1c2cn(-c3cccnc3)nc2CCN1CCO. The second kappa shape index (κ2) is 4.81. The van der Waals surface area contributed by atoms with Crippen LogP contribution in [0.1, 0.15) is 16.1 Å². The standard InChI is InChI=1S/C13H14N4O2/c18-7-6-16-5-3-12-11(13(16)19)9-17(15-12)10-2-1-4-14-8-10/h1-2,4,8-9,18H,3,5-7H2. The van der Waals surface area contributed by atoms with Gasteiger partial charge in [0.1, 0.15) is 0 Å². The molecule has 3 heterocycles. The van der Waals surface area contributed by atoms with Crippen LogP contribution in [0, 0.1) is 0 Å². The van der Waals surface area contributed by atoms with Crippen LogP contribution in [0.25, 0.3) is 5.69 Å². The van der Waals surface area contributed by atoms with Gasteiger partial charge < -0.3 is 10.0 Å². The molecule has 6 heteroatoms. The molecule has 98 valence electrons. The van der Waals surface area contributed by atoms with E-state index in [-0.39, 0.29) is 12.5 Å². The molecule has 0 saturated heterocycles. The quantitative estimate of drug-likeness (QED) is 0.857. The number of carbonyl (C=O) groups is 1. The Labute approximate surface area is 110 Å². The van der Waals surface area contributed by atoms with Crippen LogP contribution >= 0.6 is 0 Å². The predicted molar refractivity (Wildman–Crippen MR) is 68.1 cm³/mol. The van der Waals surface area contributed by atoms with E-state index in [0.717, 1.165) is 11.4 Å². The largest absolute Gasteiger partial charge is 0.395 e. The number of pyridine rings is 1. The molecule has 6 nitrogen and oxygen atoms in total. The van der Waals surface area contributed by atoms with Gasteiger partial charge in [-0.05, 0) is 12.1 Å². The molecule has 2 aromatic rings. The normalized spacial score (nSPS) is 14.6. The Balaban J connectivity index is 1.94. The number of nitrogens with zero attached hydrogens (tertiary/aromatic N) is 4. The minimum absolute atomic E-state index is 0.0161. The highest BCUT2D eigenvalue weighted by atomic mass is 16.3. The number of carbonyl (C=O) groups excluding carboxylic acids is 1. The number of aliphatic hydroxyl groups excluding tert-OH is 1. The Hall–Kier alpha value is -2.21. The number of fused-ring (bicyclic) bond motifs is 1. The van der Waals surface area contributed by atoms with Crippen molar-refractivity contribution in [2.75, 3.05) is 19.7 Å². The van der Waals surface area contributed by atoms with E-state index in [0.29, 0.717) is 25.1 Å². The second-order valence-electron chi connectivity index (χ2n) is 4.41. The smallest absolute Gasteiger partial charge is 0.257 e. The number of aromatic nitrogens is 3. The summed E-state index contributed by atoms with van der Waals surface area (Å²) in [4.78, 5) is 17.9. The molecule has 1 aliphatic rings. The predicted octanol–water partition coefficient (Wildman–Crippen LogP) is 0.258. The van der Waals surface area contributed by atoms with E-state index in [1.54, 1.807) is 28.2 Å². The average Bonchev–Trinajstić information content (AvgIpc) is 2.88. The Morgan fingerprint density at radius 3 is 3.05 bits per heavy atom. The molecule has 1 aliphatic heterocycles. The van der Waals surface area contributed by atoms with Crippen molar-refractivity contribution in [2.45, 2.75) is 6.42 Å². The third-order valence-corrected chi connectivity index (χ3v) is 3.21. The second-order valence-corrected chi connectivity index (χ2v) is 4.41. The van der Waals surface area contributed by atoms with Crippen molar-refractivity contribution >= 4 is 5.91 Å². The van der Waals surface area contributed by atoms with Crippen LogP contribution in [0.2, 0.25) is 0 Å². The van der Waals surface area contributed by atoms with Crippen molar-refractivity contribution < 1.29 is 9.90 Å². The summed E-state index contributed by atoms with van der Waals surface area (Å²) in [6, 6.07) is 3.72. The summed E-state index contributed by atoms with van der Waals surface area (Å²) >= 11 is 0. The van der Waals surface area contributed by atoms with E-state index in [2.05, 4.69) is 10.1 Å². The third kappa shape index (κ3) is 2.10. The zero-order valence-electron chi connectivity index (χ0n) is 10.4. The van der Waals surface area contributed by atoms with E-state index >= 15 is 0 Å². The third-order valence-electron chi connectivity index (χ3n) is 3.21. The van der Waals surface area contributed by atoms with E-state index in [9.17, 15) is 4.79 Å². The Morgan fingerprint density at radius 1 is 1.42 bits per heavy atom. The number of amides is 1. The number of hydrogen-bond acceptors (Lipinski definition) is 4. The fraction of sp³-hybridized carbons (Fsp3) is 0.308. The van der Waals surface area contributed by atoms with Crippen molar-refractivity contribution in [1.82, 2.24) is 19.7 Å². The lowest BCUT2D eigenvalue weighted by atomic mass is 10.1. The molecule has 1 amide bonds. The van der Waals surface area contributed by atoms with Crippen molar-refractivity contribution in [3.8, 4) is 5.69 Å². The van der Waals surface area contributed by atoms with Gasteiger partial charge in [-0.3, -0.25) is 9.78 Å². The average molecular weight is 258 g/mol. The molecule has 2 aromatic heterocycles. The Morgan fingerprint density at radius 2 is 2.32 bits per heavy atom. The molecular weight excluding hydrogens is 244 g/mol. The van der Waals surface area contributed by atoms with Crippen LogP contribution in [-0.2, 0) is 6.42 Å². The Kier molecular flexibility index (Phi) is 3.00. The van der Waals surface area contributed by atoms with Gasteiger partial charge in [0.05, 0.1) is 29.7 Å². The van der Waals surface area contributed by atoms with Crippen LogP contribution in [0.3, 0.4) is 0 Å². The lowest BCUT2D eigenvalue weighted by Crippen LogP contribution is -2.38. The summed E-state index contributed by atoms with van der Waals surface area (Å²) in [5.41, 5.74) is 2.25. The lowest BCUT2D eigenvalue weighted by Gasteiger charge is -2.24. The van der Waals surface area contributed by atoms with Crippen molar-refractivity contribution in [2.24, 2.45) is 0 Å². The van der Waals surface area contributed by atoms with Crippen LogP contribution in [0.5, 0.6) is 0 Å². The summed E-state index contributed by atoms with van der Waals surface area (Å²) in [6.45, 7) is 0.963. The van der Waals surface area contributed by atoms with Crippen molar-refractivity contribution in [3.63, 3.8) is 0 Å². The first-order valence-electron chi connectivity index (χ1n) is 6.18. The zero-order valence-corrected chi connectivity index (χ0v) is 10.4. The molecular formula is C13H14N4O2. The summed E-state index contributed by atoms with van der Waals surface area (Å²) in [7, 11) is 0. The summed E-state index contributed by atoms with van der Waals surface area (Å²) < 4.78 is 1.68. The first kappa shape index (κ1) is 11.9. The molecule has 1 N–H and O–H groups in total. The molecule has 19 heavy (non-hydrogen) atoms. The van der Waals surface area contributed by atoms with Crippen molar-refractivity contribution in [3.05, 3.63) is 42.0 Å². The molecule has 0 bridgehead atoms. The summed E-state index contributed by atoms with van der Waals surface area (Å²) in [6.07, 6.45) is 5.85. The van der Waals surface area contributed by atoms with Gasteiger partial charge in [0.25, 0.3) is 5.91 Å². The maximum atomic E-state index is 12.2. The molecule has 0 fully saturated rings. The minimum Gasteiger partial charge on any atom is -0.395 e. The van der Waals surface area contributed by atoms with E-state index in [1.807, 2.05) is 12.1 Å². The number of β-amino-alcohol motifs (C(OH)–C–C–N with tert-alkyl or cyclic N) is 1. The van der Waals surface area contributed by atoms with Crippen LogP contribution in [-0.4, -0.2) is 50.4 Å². The van der Waals surface area contributed by atoms with E-state index in [4.69, 9.17) is 5.11 Å². The molecule has 3 rings (SSSR count). The Bertz CT molecular complexity index is 594. The van der Waals surface area contributed by atoms with Gasteiger partial charge in [-0.25, -0.2) is 4.68 Å². The highest BCUT2D eigenvalue weighted by molar-refractivity contribution is 5.96. The molecule has 0 spiro atoms. The zero-order chi connectivity index (χ0) is 13.2. The first-order valence-corrected chi connectivity index (χ1v) is 6.18. The van der Waals surface area contributed by atoms with E-state index < -0.39 is 0 Å². The maximum Gasteiger partial charge on any atom is 0.257 e. The monoisotopic (exact) mass is 258 g/mol. The first-order chi connectivity index (χ1) is 9.29. The summed E-state index contributed by atoms with van der Waals surface area (Å²) in [5, 5.41) is 13.4. The van der Waals surface area contributed by atoms with Gasteiger partial charge in [0, 0.05) is 31.9 Å². The minimum atomic E-state index is -0.0644. The number of rotatable bonds is 3. The fourth-order valence-corrected chi connectivity index (χ4v) is 2.24. The molecule has 0 aliphatic carbocycles. The van der Waals surface area contributed by atoms with Crippen molar-refractivity contribution in [1.29, 1.82) is 0 Å². The highest BCUT2D eigenvalue weighted by Gasteiger charge is 2.27. The van der Waals surface area contributed by atoms with Gasteiger partial charge in [-0.15, -0.1) is 0 Å². The fourth-order valence-electron chi connectivity index (χ4n) is 2.24. The van der Waals surface area contributed by atoms with E-state index in [1.165, 1.54) is 0 Å². The van der Waals surface area contributed by atoms with Gasteiger partial charge in [0.15, 0.2) is 0 Å². The summed E-state index contributed by atoms with van der Waals surface area (Å²) in [5.74, 6) is -0.0644. The van der Waals surface area contributed by atoms with Gasteiger partial charge in [-0.1, -0.05) is 0 Å². The lowest BCUT2D eigenvalue weighted by molar-refractivity contribution is 0.0705. The number of aliphatic hydroxyl groups is 1. The molecule has 0 unspecified atom stereocenters. The molecule has 0 radical (unpaired) electrons. The van der Waals surface area contributed by atoms with Crippen LogP contribution in [0.15, 0.2) is 30.7 Å². The molecule has 0 saturated carbocycles.